The van der Waals surface area contributed by atoms with Crippen LogP contribution in [0.3, 0.4) is 0 Å². The zero-order valence-electron chi connectivity index (χ0n) is 17.7. The summed E-state index contributed by atoms with van der Waals surface area (Å²) in [5.41, 5.74) is 2.22. The van der Waals surface area contributed by atoms with E-state index in [1.54, 1.807) is 25.3 Å². The first-order valence-electron chi connectivity index (χ1n) is 10.1. The normalized spacial score (nSPS) is 11.9. The van der Waals surface area contributed by atoms with E-state index in [4.69, 9.17) is 23.2 Å². The molecule has 162 valence electrons. The van der Waals surface area contributed by atoms with Crippen LogP contribution in [0, 0.1) is 12.8 Å². The molecule has 2 aromatic heterocycles. The quantitative estimate of drug-likeness (QED) is 0.479. The van der Waals surface area contributed by atoms with Crippen molar-refractivity contribution in [3.05, 3.63) is 70.0 Å². The Bertz CT molecular complexity index is 1030. The van der Waals surface area contributed by atoms with E-state index in [1.165, 1.54) is 0 Å². The van der Waals surface area contributed by atoms with Gasteiger partial charge in [-0.3, -0.25) is 9.78 Å². The van der Waals surface area contributed by atoms with Crippen molar-refractivity contribution in [1.82, 2.24) is 20.3 Å². The average Bonchev–Trinajstić information content (AvgIpc) is 2.76. The molecule has 1 aromatic carbocycles. The molecule has 0 aliphatic rings. The summed E-state index contributed by atoms with van der Waals surface area (Å²) >= 11 is 12.4. The molecule has 3 rings (SSSR count). The molecular weight excluding hydrogens is 433 g/mol. The molecule has 0 saturated carbocycles. The van der Waals surface area contributed by atoms with Crippen LogP contribution in [-0.2, 0) is 11.3 Å². The Kier molecular flexibility index (Phi) is 7.82. The molecular formula is C23H25Cl2N5O. The summed E-state index contributed by atoms with van der Waals surface area (Å²) in [4.78, 5) is 26.3. The molecule has 1 amide bonds. The highest BCUT2D eigenvalue weighted by atomic mass is 35.5. The topological polar surface area (TPSA) is 79.8 Å². The molecule has 0 radical (unpaired) electrons. The Morgan fingerprint density at radius 1 is 1.06 bits per heavy atom. The number of aryl methyl sites for hydroxylation is 1. The Balaban J connectivity index is 1.80. The van der Waals surface area contributed by atoms with Gasteiger partial charge in [-0.2, -0.15) is 0 Å². The van der Waals surface area contributed by atoms with Crippen molar-refractivity contribution in [2.45, 2.75) is 39.8 Å². The van der Waals surface area contributed by atoms with Gasteiger partial charge >= 0.3 is 0 Å². The number of pyridine rings is 1. The van der Waals surface area contributed by atoms with E-state index < -0.39 is 6.04 Å². The van der Waals surface area contributed by atoms with E-state index in [2.05, 4.69) is 39.4 Å². The molecule has 1 atom stereocenters. The second-order valence-corrected chi connectivity index (χ2v) is 8.50. The lowest BCUT2D eigenvalue weighted by molar-refractivity contribution is -0.122. The molecule has 1 unspecified atom stereocenters. The monoisotopic (exact) mass is 457 g/mol. The number of aromatic nitrogens is 3. The summed E-state index contributed by atoms with van der Waals surface area (Å²) in [6.07, 6.45) is 2.30. The maximum Gasteiger partial charge on any atom is 0.242 e. The molecule has 2 heterocycles. The van der Waals surface area contributed by atoms with Gasteiger partial charge in [-0.05, 0) is 49.1 Å². The van der Waals surface area contributed by atoms with Crippen molar-refractivity contribution in [2.75, 3.05) is 5.32 Å². The van der Waals surface area contributed by atoms with E-state index in [-0.39, 0.29) is 11.8 Å². The summed E-state index contributed by atoms with van der Waals surface area (Å²) < 4.78 is 0. The number of amides is 1. The standard InChI is InChI=1S/C23H25Cl2N5O/c1-14(2)12-19(23(31)27-13-16-7-9-17(24)10-8-16)29-22-20(25)15(3)28-21(30-22)18-6-4-5-11-26-18/h4-11,14,19H,12-13H2,1-3H3,(H,27,31)(H,28,29,30). The Hall–Kier alpha value is -2.70. The number of carbonyl (C=O) groups excluding carboxylic acids is 1. The molecule has 6 nitrogen and oxygen atoms in total. The van der Waals surface area contributed by atoms with Gasteiger partial charge in [0.05, 0.1) is 5.69 Å². The molecule has 0 aliphatic heterocycles. The third-order valence-electron chi connectivity index (χ3n) is 4.63. The van der Waals surface area contributed by atoms with Gasteiger partial charge < -0.3 is 10.6 Å². The van der Waals surface area contributed by atoms with Crippen molar-refractivity contribution < 1.29 is 4.79 Å². The number of hydrogen-bond acceptors (Lipinski definition) is 5. The number of benzene rings is 1. The second-order valence-electron chi connectivity index (χ2n) is 7.68. The molecule has 2 N–H and O–H groups in total. The van der Waals surface area contributed by atoms with Gasteiger partial charge in [-0.25, -0.2) is 9.97 Å². The molecule has 3 aromatic rings. The summed E-state index contributed by atoms with van der Waals surface area (Å²) in [5, 5.41) is 7.26. The molecule has 0 saturated heterocycles. The van der Waals surface area contributed by atoms with Gasteiger partial charge in [0, 0.05) is 17.8 Å². The number of nitrogens with zero attached hydrogens (tertiary/aromatic N) is 3. The highest BCUT2D eigenvalue weighted by Crippen LogP contribution is 2.27. The highest BCUT2D eigenvalue weighted by molar-refractivity contribution is 6.33. The molecule has 0 aliphatic carbocycles. The van der Waals surface area contributed by atoms with Crippen LogP contribution in [0.1, 0.15) is 31.5 Å². The molecule has 0 bridgehead atoms. The highest BCUT2D eigenvalue weighted by Gasteiger charge is 2.22. The first-order chi connectivity index (χ1) is 14.8. The first kappa shape index (κ1) is 23.0. The largest absolute Gasteiger partial charge is 0.357 e. The molecule has 0 fully saturated rings. The number of anilines is 1. The smallest absolute Gasteiger partial charge is 0.242 e. The van der Waals surface area contributed by atoms with Crippen LogP contribution in [-0.4, -0.2) is 26.9 Å². The SMILES string of the molecule is Cc1nc(-c2ccccn2)nc(NC(CC(C)C)C(=O)NCc2ccc(Cl)cc2)c1Cl. The van der Waals surface area contributed by atoms with E-state index in [0.29, 0.717) is 46.0 Å². The van der Waals surface area contributed by atoms with Crippen LogP contribution in [0.25, 0.3) is 11.5 Å². The van der Waals surface area contributed by atoms with E-state index >= 15 is 0 Å². The van der Waals surface area contributed by atoms with Crippen molar-refractivity contribution in [2.24, 2.45) is 5.92 Å². The molecule has 8 heteroatoms. The fourth-order valence-corrected chi connectivity index (χ4v) is 3.31. The first-order valence-corrected chi connectivity index (χ1v) is 10.8. The Morgan fingerprint density at radius 3 is 2.45 bits per heavy atom. The maximum atomic E-state index is 13.0. The number of rotatable bonds is 8. The number of carbonyl (C=O) groups is 1. The Labute approximate surface area is 192 Å². The van der Waals surface area contributed by atoms with Gasteiger partial charge in [-0.15, -0.1) is 0 Å². The second kappa shape index (κ2) is 10.6. The van der Waals surface area contributed by atoms with Gasteiger partial charge in [0.2, 0.25) is 5.91 Å². The summed E-state index contributed by atoms with van der Waals surface area (Å²) in [7, 11) is 0. The number of halogens is 2. The summed E-state index contributed by atoms with van der Waals surface area (Å²) in [5.74, 6) is 1.03. The predicted octanol–water partition coefficient (Wildman–Crippen LogP) is 5.30. The molecule has 0 spiro atoms. The maximum absolute atomic E-state index is 13.0. The fourth-order valence-electron chi connectivity index (χ4n) is 3.05. The van der Waals surface area contributed by atoms with Crippen LogP contribution in [0.2, 0.25) is 10.0 Å². The number of hydrogen-bond donors (Lipinski definition) is 2. The summed E-state index contributed by atoms with van der Waals surface area (Å²) in [6, 6.07) is 12.4. The van der Waals surface area contributed by atoms with Crippen molar-refractivity contribution in [3.63, 3.8) is 0 Å². The van der Waals surface area contributed by atoms with Gasteiger partial charge in [0.1, 0.15) is 22.6 Å². The minimum atomic E-state index is -0.504. The van der Waals surface area contributed by atoms with Crippen LogP contribution in [0.5, 0.6) is 0 Å². The van der Waals surface area contributed by atoms with E-state index in [0.717, 1.165) is 5.56 Å². The van der Waals surface area contributed by atoms with E-state index in [9.17, 15) is 4.79 Å². The lowest BCUT2D eigenvalue weighted by Crippen LogP contribution is -2.40. The van der Waals surface area contributed by atoms with Gasteiger partial charge in [0.15, 0.2) is 5.82 Å². The van der Waals surface area contributed by atoms with Crippen molar-refractivity contribution in [1.29, 1.82) is 0 Å². The zero-order valence-corrected chi connectivity index (χ0v) is 19.2. The predicted molar refractivity (Wildman–Crippen MR) is 125 cm³/mol. The lowest BCUT2D eigenvalue weighted by atomic mass is 10.0. The van der Waals surface area contributed by atoms with Gasteiger partial charge in [0.25, 0.3) is 0 Å². The Morgan fingerprint density at radius 2 is 1.81 bits per heavy atom. The lowest BCUT2D eigenvalue weighted by Gasteiger charge is -2.22. The third kappa shape index (κ3) is 6.39. The average molecular weight is 458 g/mol. The minimum absolute atomic E-state index is 0.129. The fraction of sp³-hybridized carbons (Fsp3) is 0.304. The summed E-state index contributed by atoms with van der Waals surface area (Å²) in [6.45, 7) is 6.34. The van der Waals surface area contributed by atoms with Crippen LogP contribution >= 0.6 is 23.2 Å². The van der Waals surface area contributed by atoms with Gasteiger partial charge in [-0.1, -0.05) is 55.2 Å². The van der Waals surface area contributed by atoms with Crippen molar-refractivity contribution >= 4 is 34.9 Å². The van der Waals surface area contributed by atoms with Crippen LogP contribution in [0.4, 0.5) is 5.82 Å². The zero-order chi connectivity index (χ0) is 22.4. The third-order valence-corrected chi connectivity index (χ3v) is 5.33. The van der Waals surface area contributed by atoms with Crippen LogP contribution < -0.4 is 10.6 Å². The van der Waals surface area contributed by atoms with Crippen LogP contribution in [0.15, 0.2) is 48.7 Å². The van der Waals surface area contributed by atoms with Crippen molar-refractivity contribution in [3.8, 4) is 11.5 Å². The molecule has 31 heavy (non-hydrogen) atoms. The van der Waals surface area contributed by atoms with E-state index in [1.807, 2.05) is 30.3 Å². The minimum Gasteiger partial charge on any atom is -0.357 e. The number of nitrogens with one attached hydrogen (secondary N) is 2.